The number of carbonyl (C=O) groups excluding carboxylic acids is 1. The van der Waals surface area contributed by atoms with Gasteiger partial charge in [0.2, 0.25) is 5.91 Å². The summed E-state index contributed by atoms with van der Waals surface area (Å²) in [7, 11) is 1.83. The molecule has 0 aliphatic rings. The second-order valence-corrected chi connectivity index (χ2v) is 3.91. The van der Waals surface area contributed by atoms with E-state index in [-0.39, 0.29) is 11.9 Å². The van der Waals surface area contributed by atoms with Crippen molar-refractivity contribution in [1.82, 2.24) is 9.88 Å². The molecule has 3 N–H and O–H groups in total. The minimum atomic E-state index is -0.314. The van der Waals surface area contributed by atoms with Gasteiger partial charge in [-0.05, 0) is 18.6 Å². The molecule has 0 aliphatic carbocycles. The zero-order valence-corrected chi connectivity index (χ0v) is 9.53. The van der Waals surface area contributed by atoms with Gasteiger partial charge in [0, 0.05) is 32.3 Å². The normalized spacial score (nSPS) is 12.1. The highest BCUT2D eigenvalue weighted by molar-refractivity contribution is 5.74. The first kappa shape index (κ1) is 12.3. The van der Waals surface area contributed by atoms with Crippen LogP contribution in [0, 0.1) is 11.3 Å². The van der Waals surface area contributed by atoms with Crippen LogP contribution >= 0.6 is 0 Å². The minimum absolute atomic E-state index is 0.0447. The van der Waals surface area contributed by atoms with Crippen molar-refractivity contribution in [1.29, 1.82) is 5.26 Å². The van der Waals surface area contributed by atoms with Crippen LogP contribution < -0.4 is 11.1 Å². The van der Waals surface area contributed by atoms with Crippen LogP contribution in [0.25, 0.3) is 0 Å². The highest BCUT2D eigenvalue weighted by Crippen LogP contribution is 2.06. The number of amides is 1. The molecule has 16 heavy (non-hydrogen) atoms. The summed E-state index contributed by atoms with van der Waals surface area (Å²) in [4.78, 5) is 10.7. The summed E-state index contributed by atoms with van der Waals surface area (Å²) in [5.41, 5.74) is 6.73. The quantitative estimate of drug-likeness (QED) is 0.746. The Labute approximate surface area is 94.8 Å². The third-order valence-electron chi connectivity index (χ3n) is 2.34. The molecule has 0 spiro atoms. The molecule has 0 radical (unpaired) electrons. The van der Waals surface area contributed by atoms with Crippen molar-refractivity contribution in [3.8, 4) is 6.07 Å². The topological polar surface area (TPSA) is 83.8 Å². The fraction of sp³-hybridized carbons (Fsp3) is 0.455. The molecular formula is C11H16N4O. The Morgan fingerprint density at radius 3 is 2.94 bits per heavy atom. The molecule has 1 aromatic heterocycles. The van der Waals surface area contributed by atoms with Crippen molar-refractivity contribution in [2.75, 3.05) is 0 Å². The van der Waals surface area contributed by atoms with Gasteiger partial charge in [0.1, 0.15) is 11.8 Å². The van der Waals surface area contributed by atoms with E-state index < -0.39 is 0 Å². The maximum Gasteiger partial charge on any atom is 0.218 e. The Hall–Kier alpha value is -1.80. The highest BCUT2D eigenvalue weighted by atomic mass is 16.1. The van der Waals surface area contributed by atoms with Crippen molar-refractivity contribution < 1.29 is 4.79 Å². The summed E-state index contributed by atoms with van der Waals surface area (Å²) in [5.74, 6) is -0.314. The van der Waals surface area contributed by atoms with Gasteiger partial charge in [-0.1, -0.05) is 0 Å². The summed E-state index contributed by atoms with van der Waals surface area (Å²) in [6.07, 6.45) is 2.21. The summed E-state index contributed by atoms with van der Waals surface area (Å²) in [5, 5.41) is 11.9. The zero-order chi connectivity index (χ0) is 12.1. The number of hydrogen-bond acceptors (Lipinski definition) is 3. The number of carbonyl (C=O) groups is 1. The van der Waals surface area contributed by atoms with E-state index in [4.69, 9.17) is 11.0 Å². The van der Waals surface area contributed by atoms with Crippen LogP contribution in [0.3, 0.4) is 0 Å². The van der Waals surface area contributed by atoms with Crippen LogP contribution in [-0.4, -0.2) is 16.5 Å². The fourth-order valence-electron chi connectivity index (χ4n) is 1.51. The summed E-state index contributed by atoms with van der Waals surface area (Å²) < 4.78 is 1.77. The fourth-order valence-corrected chi connectivity index (χ4v) is 1.51. The van der Waals surface area contributed by atoms with E-state index in [0.717, 1.165) is 5.56 Å². The number of nitrogens with zero attached hydrogens (tertiary/aromatic N) is 2. The van der Waals surface area contributed by atoms with Gasteiger partial charge in [-0.25, -0.2) is 0 Å². The van der Waals surface area contributed by atoms with Gasteiger partial charge in [0.25, 0.3) is 0 Å². The number of nitrogens with two attached hydrogens (primary N) is 1. The van der Waals surface area contributed by atoms with Crippen molar-refractivity contribution in [3.05, 3.63) is 23.5 Å². The molecule has 5 heteroatoms. The molecule has 0 aliphatic heterocycles. The molecule has 0 aromatic carbocycles. The Kier molecular flexibility index (Phi) is 4.09. The van der Waals surface area contributed by atoms with E-state index in [1.54, 1.807) is 4.57 Å². The first-order chi connectivity index (χ1) is 7.52. The first-order valence-electron chi connectivity index (χ1n) is 5.10. The molecule has 1 aromatic rings. The largest absolute Gasteiger partial charge is 0.370 e. The maximum absolute atomic E-state index is 10.7. The molecule has 0 saturated carbocycles. The number of primary amides is 1. The third-order valence-corrected chi connectivity index (χ3v) is 2.34. The number of rotatable bonds is 5. The SMILES string of the molecule is CC(CC(N)=O)NCc1cc(C#N)n(C)c1. The van der Waals surface area contributed by atoms with Gasteiger partial charge in [0.15, 0.2) is 0 Å². The van der Waals surface area contributed by atoms with Crippen molar-refractivity contribution in [2.45, 2.75) is 25.9 Å². The lowest BCUT2D eigenvalue weighted by atomic mass is 10.2. The third kappa shape index (κ3) is 3.41. The maximum atomic E-state index is 10.7. The number of nitrogens with one attached hydrogen (secondary N) is 1. The lowest BCUT2D eigenvalue weighted by Gasteiger charge is -2.10. The van der Waals surface area contributed by atoms with Crippen LogP contribution in [0.5, 0.6) is 0 Å². The van der Waals surface area contributed by atoms with Gasteiger partial charge in [-0.15, -0.1) is 0 Å². The van der Waals surface area contributed by atoms with Gasteiger partial charge in [-0.2, -0.15) is 5.26 Å². The van der Waals surface area contributed by atoms with Gasteiger partial charge < -0.3 is 15.6 Å². The number of aryl methyl sites for hydroxylation is 1. The molecule has 5 nitrogen and oxygen atoms in total. The van der Waals surface area contributed by atoms with Gasteiger partial charge in [-0.3, -0.25) is 4.79 Å². The van der Waals surface area contributed by atoms with Crippen LogP contribution in [0.4, 0.5) is 0 Å². The Balaban J connectivity index is 2.49. The first-order valence-corrected chi connectivity index (χ1v) is 5.10. The number of hydrogen-bond donors (Lipinski definition) is 2. The average molecular weight is 220 g/mol. The Morgan fingerprint density at radius 1 is 1.75 bits per heavy atom. The van der Waals surface area contributed by atoms with Crippen molar-refractivity contribution >= 4 is 5.91 Å². The highest BCUT2D eigenvalue weighted by Gasteiger charge is 2.07. The van der Waals surface area contributed by atoms with E-state index in [9.17, 15) is 4.79 Å². The molecule has 1 heterocycles. The predicted molar refractivity (Wildman–Crippen MR) is 60.2 cm³/mol. The summed E-state index contributed by atoms with van der Waals surface area (Å²) >= 11 is 0. The van der Waals surface area contributed by atoms with Crippen molar-refractivity contribution in [2.24, 2.45) is 12.8 Å². The lowest BCUT2D eigenvalue weighted by Crippen LogP contribution is -2.30. The van der Waals surface area contributed by atoms with E-state index in [1.807, 2.05) is 26.2 Å². The molecule has 0 saturated heterocycles. The molecule has 86 valence electrons. The molecule has 0 bridgehead atoms. The summed E-state index contributed by atoms with van der Waals surface area (Å²) in [6.45, 7) is 2.53. The van der Waals surface area contributed by atoms with Crippen molar-refractivity contribution in [3.63, 3.8) is 0 Å². The molecule has 0 fully saturated rings. The Bertz CT molecular complexity index is 416. The average Bonchev–Trinajstić information content (AvgIpc) is 2.55. The van der Waals surface area contributed by atoms with E-state index in [0.29, 0.717) is 18.7 Å². The molecule has 1 rings (SSSR count). The van der Waals surface area contributed by atoms with Gasteiger partial charge >= 0.3 is 0 Å². The van der Waals surface area contributed by atoms with Crippen LogP contribution in [0.1, 0.15) is 24.6 Å². The number of aromatic nitrogens is 1. The molecule has 1 amide bonds. The second-order valence-electron chi connectivity index (χ2n) is 3.91. The standard InChI is InChI=1S/C11H16N4O/c1-8(3-11(13)16)14-6-9-4-10(5-12)15(2)7-9/h4,7-8,14H,3,6H2,1-2H3,(H2,13,16). The smallest absolute Gasteiger partial charge is 0.218 e. The summed E-state index contributed by atoms with van der Waals surface area (Å²) in [6, 6.07) is 3.96. The van der Waals surface area contributed by atoms with Crippen LogP contribution in [-0.2, 0) is 18.4 Å². The predicted octanol–water partition coefficient (Wildman–Crippen LogP) is 0.250. The van der Waals surface area contributed by atoms with E-state index >= 15 is 0 Å². The minimum Gasteiger partial charge on any atom is -0.370 e. The van der Waals surface area contributed by atoms with E-state index in [1.165, 1.54) is 0 Å². The van der Waals surface area contributed by atoms with Gasteiger partial charge in [0.05, 0.1) is 0 Å². The van der Waals surface area contributed by atoms with Crippen LogP contribution in [0.2, 0.25) is 0 Å². The molecule has 1 unspecified atom stereocenters. The zero-order valence-electron chi connectivity index (χ0n) is 9.53. The lowest BCUT2D eigenvalue weighted by molar-refractivity contribution is -0.118. The molecule has 1 atom stereocenters. The second kappa shape index (κ2) is 5.33. The van der Waals surface area contributed by atoms with E-state index in [2.05, 4.69) is 11.4 Å². The molecular weight excluding hydrogens is 204 g/mol. The monoisotopic (exact) mass is 220 g/mol. The Morgan fingerprint density at radius 2 is 2.44 bits per heavy atom. The van der Waals surface area contributed by atoms with Crippen LogP contribution in [0.15, 0.2) is 12.3 Å². The number of nitriles is 1.